The number of amides is 2. The maximum absolute atomic E-state index is 11.4. The Hall–Kier alpha value is -2.70. The lowest BCUT2D eigenvalue weighted by Gasteiger charge is -2.07. The van der Waals surface area contributed by atoms with Gasteiger partial charge in [-0.3, -0.25) is 14.4 Å². The van der Waals surface area contributed by atoms with Crippen LogP contribution in [0, 0.1) is 0 Å². The summed E-state index contributed by atoms with van der Waals surface area (Å²) in [7, 11) is 0. The second-order valence-corrected chi connectivity index (χ2v) is 4.08. The molecule has 106 valence electrons. The number of hydrogen-bond donors (Lipinski definition) is 2. The molecule has 0 saturated carbocycles. The number of anilines is 2. The first-order chi connectivity index (χ1) is 9.36. The zero-order valence-electron chi connectivity index (χ0n) is 11.1. The van der Waals surface area contributed by atoms with Crippen LogP contribution in [0.3, 0.4) is 0 Å². The van der Waals surface area contributed by atoms with Gasteiger partial charge in [0.25, 0.3) is 0 Å². The zero-order chi connectivity index (χ0) is 15.1. The van der Waals surface area contributed by atoms with Gasteiger partial charge in [0, 0.05) is 0 Å². The van der Waals surface area contributed by atoms with Crippen LogP contribution in [0.4, 0.5) is 11.6 Å². The maximum atomic E-state index is 11.4. The van der Waals surface area contributed by atoms with E-state index in [4.69, 9.17) is 0 Å². The summed E-state index contributed by atoms with van der Waals surface area (Å²) in [4.78, 5) is 37.5. The van der Waals surface area contributed by atoms with Crippen LogP contribution in [0.2, 0.25) is 0 Å². The molecule has 7 nitrogen and oxygen atoms in total. The molecule has 0 fully saturated rings. The molecule has 1 aromatic heterocycles. The first kappa shape index (κ1) is 15.4. The Bertz CT molecular complexity index is 562. The summed E-state index contributed by atoms with van der Waals surface area (Å²) in [6, 6.07) is 4.59. The van der Waals surface area contributed by atoms with E-state index in [1.807, 2.05) is 0 Å². The third-order valence-corrected chi connectivity index (χ3v) is 2.01. The topological polar surface area (TPSA) is 111 Å². The third kappa shape index (κ3) is 5.76. The molecule has 7 heteroatoms. The van der Waals surface area contributed by atoms with Crippen LogP contribution in [-0.4, -0.2) is 22.6 Å². The number of nitrogens with one attached hydrogen (secondary N) is 2. The van der Waals surface area contributed by atoms with Crippen molar-refractivity contribution >= 4 is 29.2 Å². The van der Waals surface area contributed by atoms with Crippen LogP contribution in [0.5, 0.6) is 0 Å². The first-order valence-electron chi connectivity index (χ1n) is 5.79. The van der Waals surface area contributed by atoms with Gasteiger partial charge >= 0.3 is 0 Å². The largest absolute Gasteiger partial charge is 0.875 e. The molecule has 1 rings (SSSR count). The van der Waals surface area contributed by atoms with Crippen molar-refractivity contribution in [2.45, 2.75) is 20.3 Å². The maximum Gasteiger partial charge on any atom is 0.248 e. The van der Waals surface area contributed by atoms with E-state index in [9.17, 15) is 19.5 Å². The zero-order valence-corrected chi connectivity index (χ0v) is 11.1. The molecule has 0 spiro atoms. The average molecular weight is 276 g/mol. The predicted molar refractivity (Wildman–Crippen MR) is 70.6 cm³/mol. The Morgan fingerprint density at radius 2 is 1.80 bits per heavy atom. The molecule has 0 radical (unpaired) electrons. The number of hydrogen-bond acceptors (Lipinski definition) is 5. The van der Waals surface area contributed by atoms with Gasteiger partial charge in [-0.25, -0.2) is 4.98 Å². The van der Waals surface area contributed by atoms with Gasteiger partial charge in [0.05, 0.1) is 6.42 Å². The van der Waals surface area contributed by atoms with Crippen LogP contribution in [-0.2, 0) is 14.4 Å². The number of Topliss-reactive ketones (excluding diaryl/α,β-unsaturated/α-hetero) is 1. The van der Waals surface area contributed by atoms with E-state index >= 15 is 0 Å². The van der Waals surface area contributed by atoms with E-state index in [2.05, 4.69) is 15.6 Å². The van der Waals surface area contributed by atoms with Crippen molar-refractivity contribution < 1.29 is 19.5 Å². The number of pyridine rings is 1. The summed E-state index contributed by atoms with van der Waals surface area (Å²) in [5.41, 5.74) is 0. The van der Waals surface area contributed by atoms with E-state index in [0.29, 0.717) is 0 Å². The summed E-state index contributed by atoms with van der Waals surface area (Å²) in [5, 5.41) is 15.5. The fraction of sp³-hybridized carbons (Fsp3) is 0.231. The molecule has 0 atom stereocenters. The lowest BCUT2D eigenvalue weighted by molar-refractivity contribution is -0.301. The summed E-state index contributed by atoms with van der Waals surface area (Å²) in [6.07, 6.45) is 0.652. The number of allylic oxidation sites excluding steroid dienone is 1. The van der Waals surface area contributed by atoms with Gasteiger partial charge in [-0.05, 0) is 25.1 Å². The van der Waals surface area contributed by atoms with E-state index in [1.54, 1.807) is 6.07 Å². The van der Waals surface area contributed by atoms with Crippen molar-refractivity contribution in [2.24, 2.45) is 0 Å². The second kappa shape index (κ2) is 7.03. The van der Waals surface area contributed by atoms with E-state index in [0.717, 1.165) is 6.08 Å². The normalized spacial score (nSPS) is 10.8. The number of nitrogens with zero attached hydrogens (tertiary/aromatic N) is 1. The molecule has 0 unspecified atom stereocenters. The lowest BCUT2D eigenvalue weighted by atomic mass is 10.3. The fourth-order valence-electron chi connectivity index (χ4n) is 1.33. The van der Waals surface area contributed by atoms with Crippen molar-refractivity contribution in [2.75, 3.05) is 10.6 Å². The molecule has 1 aromatic rings. The second-order valence-electron chi connectivity index (χ2n) is 4.08. The van der Waals surface area contributed by atoms with Gasteiger partial charge in [-0.2, -0.15) is 0 Å². The average Bonchev–Trinajstić information content (AvgIpc) is 2.26. The van der Waals surface area contributed by atoms with Crippen molar-refractivity contribution in [1.82, 2.24) is 4.98 Å². The smallest absolute Gasteiger partial charge is 0.248 e. The number of carbonyl (C=O) groups excluding carboxylic acids is 3. The van der Waals surface area contributed by atoms with Gasteiger partial charge in [0.2, 0.25) is 11.8 Å². The highest BCUT2D eigenvalue weighted by Gasteiger charge is 2.07. The molecule has 0 aliphatic heterocycles. The van der Waals surface area contributed by atoms with Crippen LogP contribution in [0.15, 0.2) is 30.0 Å². The lowest BCUT2D eigenvalue weighted by Crippen LogP contribution is -2.17. The van der Waals surface area contributed by atoms with Crippen LogP contribution >= 0.6 is 0 Å². The van der Waals surface area contributed by atoms with Gasteiger partial charge < -0.3 is 15.7 Å². The Labute approximate surface area is 115 Å². The Morgan fingerprint density at radius 3 is 2.35 bits per heavy atom. The van der Waals surface area contributed by atoms with Gasteiger partial charge in [-0.15, -0.1) is 5.76 Å². The standard InChI is InChI=1S/C13H15N3O4/c1-8(17)6-12(19)15-10-4-3-5-11(14-10)16-13(20)7-9(2)18/h3-6,17H,7H2,1-2H3,(H2,14,15,16,19,20)/p-1/b8-6-. The summed E-state index contributed by atoms with van der Waals surface area (Å²) < 4.78 is 0. The van der Waals surface area contributed by atoms with Crippen molar-refractivity contribution in [3.63, 3.8) is 0 Å². The SMILES string of the molecule is CC(=O)CC(=O)Nc1cccc(NC(=O)/C=C(/C)[O-])n1. The minimum atomic E-state index is -0.600. The fourth-order valence-corrected chi connectivity index (χ4v) is 1.33. The Balaban J connectivity index is 2.71. The Kier molecular flexibility index (Phi) is 5.40. The van der Waals surface area contributed by atoms with Crippen LogP contribution in [0.25, 0.3) is 0 Å². The van der Waals surface area contributed by atoms with E-state index in [-0.39, 0.29) is 29.6 Å². The molecule has 1 heterocycles. The molecule has 2 amide bonds. The number of rotatable bonds is 5. The first-order valence-corrected chi connectivity index (χ1v) is 5.79. The molecule has 0 saturated heterocycles. The highest BCUT2D eigenvalue weighted by Crippen LogP contribution is 2.09. The van der Waals surface area contributed by atoms with Crippen molar-refractivity contribution in [3.05, 3.63) is 30.0 Å². The quantitative estimate of drug-likeness (QED) is 0.453. The number of ketones is 1. The summed E-state index contributed by atoms with van der Waals surface area (Å²) in [5.74, 6) is -1.33. The van der Waals surface area contributed by atoms with Gasteiger partial charge in [0.1, 0.15) is 17.4 Å². The van der Waals surface area contributed by atoms with Gasteiger partial charge in [-0.1, -0.05) is 13.0 Å². The third-order valence-electron chi connectivity index (χ3n) is 2.01. The highest BCUT2D eigenvalue weighted by atomic mass is 16.3. The monoisotopic (exact) mass is 276 g/mol. The molecular formula is C13H14N3O4-. The predicted octanol–water partition coefficient (Wildman–Crippen LogP) is 0.202. The number of carbonyl (C=O) groups is 3. The van der Waals surface area contributed by atoms with Crippen molar-refractivity contribution in [3.8, 4) is 0 Å². The molecule has 0 aliphatic carbocycles. The molecule has 0 aliphatic rings. The molecule has 2 N–H and O–H groups in total. The van der Waals surface area contributed by atoms with E-state index < -0.39 is 11.8 Å². The summed E-state index contributed by atoms with van der Waals surface area (Å²) in [6.45, 7) is 2.56. The summed E-state index contributed by atoms with van der Waals surface area (Å²) >= 11 is 0. The van der Waals surface area contributed by atoms with Crippen LogP contribution < -0.4 is 15.7 Å². The molecule has 0 bridgehead atoms. The van der Waals surface area contributed by atoms with Crippen LogP contribution in [0.1, 0.15) is 20.3 Å². The molecular weight excluding hydrogens is 262 g/mol. The highest BCUT2D eigenvalue weighted by molar-refractivity contribution is 6.03. The minimum absolute atomic E-state index is 0.188. The van der Waals surface area contributed by atoms with E-state index in [1.165, 1.54) is 26.0 Å². The van der Waals surface area contributed by atoms with Gasteiger partial charge in [0.15, 0.2) is 0 Å². The number of aromatic nitrogens is 1. The van der Waals surface area contributed by atoms with Crippen molar-refractivity contribution in [1.29, 1.82) is 0 Å². The molecule has 20 heavy (non-hydrogen) atoms. The Morgan fingerprint density at radius 1 is 1.20 bits per heavy atom. The minimum Gasteiger partial charge on any atom is -0.875 e. The molecule has 0 aromatic carbocycles.